The van der Waals surface area contributed by atoms with Crippen LogP contribution in [0.15, 0.2) is 58.7 Å². The fraction of sp³-hybridized carbons (Fsp3) is 0.333. The summed E-state index contributed by atoms with van der Waals surface area (Å²) in [7, 11) is -1.56. The quantitative estimate of drug-likeness (QED) is 0.465. The van der Waals surface area contributed by atoms with Crippen LogP contribution in [-0.2, 0) is 10.0 Å². The highest BCUT2D eigenvalue weighted by Crippen LogP contribution is 2.28. The zero-order valence-corrected chi connectivity index (χ0v) is 18.5. The number of ketones is 1. The van der Waals surface area contributed by atoms with Crippen LogP contribution in [0, 0.1) is 0 Å². The van der Waals surface area contributed by atoms with E-state index in [2.05, 4.69) is 14.9 Å². The number of carbonyl (C=O) groups excluding carboxylic acids is 1. The predicted molar refractivity (Wildman–Crippen MR) is 118 cm³/mol. The van der Waals surface area contributed by atoms with Gasteiger partial charge >= 0.3 is 0 Å². The van der Waals surface area contributed by atoms with E-state index in [4.69, 9.17) is 0 Å². The highest BCUT2D eigenvalue weighted by Gasteiger charge is 2.28. The number of nitrogens with zero attached hydrogens (tertiary/aromatic N) is 3. The number of H-pyrrole nitrogens is 1. The Bertz CT molecular complexity index is 1150. The lowest BCUT2D eigenvalue weighted by molar-refractivity contribution is 0.0995. The molecule has 1 aliphatic rings. The standard InChI is InChI=1S/C21H24N4O3S2/c1-15(21(26)18-14-22-19-6-4-3-5-17(18)19)29-20-8-7-16(13-23-20)30(27,28)25-11-9-24(2)10-12-25/h3-8,13-15,22H,9-12H2,1-2H3/t15-/m1/s1. The first kappa shape index (κ1) is 21.0. The number of likely N-dealkylation sites (N-methyl/N-ethyl adjacent to an activating group) is 1. The van der Waals surface area contributed by atoms with Gasteiger partial charge in [-0.15, -0.1) is 0 Å². The van der Waals surface area contributed by atoms with E-state index in [0.717, 1.165) is 10.9 Å². The molecule has 0 amide bonds. The second-order valence-corrected chi connectivity index (χ2v) is 10.7. The molecule has 0 unspecified atom stereocenters. The molecule has 3 aromatic rings. The van der Waals surface area contributed by atoms with Gasteiger partial charge in [-0.25, -0.2) is 13.4 Å². The molecule has 1 N–H and O–H groups in total. The van der Waals surface area contributed by atoms with Crippen molar-refractivity contribution in [1.82, 2.24) is 19.2 Å². The van der Waals surface area contributed by atoms with E-state index in [1.54, 1.807) is 18.3 Å². The summed E-state index contributed by atoms with van der Waals surface area (Å²) in [6.45, 7) is 4.23. The number of aromatic amines is 1. The maximum Gasteiger partial charge on any atom is 0.244 e. The number of rotatable bonds is 6. The molecule has 0 radical (unpaired) electrons. The monoisotopic (exact) mass is 444 g/mol. The summed E-state index contributed by atoms with van der Waals surface area (Å²) < 4.78 is 27.1. The lowest BCUT2D eigenvalue weighted by Gasteiger charge is -2.31. The van der Waals surface area contributed by atoms with Crippen LogP contribution >= 0.6 is 11.8 Å². The Morgan fingerprint density at radius 2 is 1.87 bits per heavy atom. The third-order valence-corrected chi connectivity index (χ3v) is 8.26. The third-order valence-electron chi connectivity index (χ3n) is 5.33. The Morgan fingerprint density at radius 1 is 1.13 bits per heavy atom. The minimum Gasteiger partial charge on any atom is -0.360 e. The Kier molecular flexibility index (Phi) is 5.97. The van der Waals surface area contributed by atoms with Crippen LogP contribution in [0.3, 0.4) is 0 Å². The number of pyridine rings is 1. The lowest BCUT2D eigenvalue weighted by atomic mass is 10.1. The van der Waals surface area contributed by atoms with E-state index >= 15 is 0 Å². The van der Waals surface area contributed by atoms with Gasteiger partial charge in [0.05, 0.1) is 10.3 Å². The van der Waals surface area contributed by atoms with Gasteiger partial charge in [-0.3, -0.25) is 4.79 Å². The first-order valence-electron chi connectivity index (χ1n) is 9.78. The van der Waals surface area contributed by atoms with E-state index in [-0.39, 0.29) is 15.9 Å². The number of carbonyl (C=O) groups is 1. The average molecular weight is 445 g/mol. The summed E-state index contributed by atoms with van der Waals surface area (Å²) >= 11 is 1.32. The van der Waals surface area contributed by atoms with Crippen LogP contribution in [0.4, 0.5) is 0 Å². The number of aromatic nitrogens is 2. The molecular formula is C21H24N4O3S2. The summed E-state index contributed by atoms with van der Waals surface area (Å²) in [5, 5.41) is 1.17. The number of hydrogen-bond acceptors (Lipinski definition) is 6. The van der Waals surface area contributed by atoms with Crippen molar-refractivity contribution in [2.24, 2.45) is 0 Å². The zero-order valence-electron chi connectivity index (χ0n) is 16.9. The summed E-state index contributed by atoms with van der Waals surface area (Å²) in [4.78, 5) is 22.6. The molecule has 4 rings (SSSR count). The third kappa shape index (κ3) is 4.15. The molecule has 0 aliphatic carbocycles. The smallest absolute Gasteiger partial charge is 0.244 e. The molecule has 30 heavy (non-hydrogen) atoms. The Labute approximate surface area is 180 Å². The molecule has 7 nitrogen and oxygen atoms in total. The molecule has 9 heteroatoms. The predicted octanol–water partition coefficient (Wildman–Crippen LogP) is 2.86. The Balaban J connectivity index is 1.46. The molecule has 1 saturated heterocycles. The van der Waals surface area contributed by atoms with Gasteiger partial charge in [-0.05, 0) is 32.2 Å². The highest BCUT2D eigenvalue weighted by atomic mass is 32.2. The number of piperazine rings is 1. The number of fused-ring (bicyclic) bond motifs is 1. The van der Waals surface area contributed by atoms with Gasteiger partial charge in [-0.2, -0.15) is 4.31 Å². The maximum absolute atomic E-state index is 12.9. The van der Waals surface area contributed by atoms with Crippen molar-refractivity contribution >= 4 is 38.5 Å². The lowest BCUT2D eigenvalue weighted by Crippen LogP contribution is -2.47. The number of hydrogen-bond donors (Lipinski definition) is 1. The van der Waals surface area contributed by atoms with E-state index in [1.807, 2.05) is 38.2 Å². The normalized spacial score (nSPS) is 17.3. The van der Waals surface area contributed by atoms with Crippen molar-refractivity contribution in [3.63, 3.8) is 0 Å². The number of thioether (sulfide) groups is 1. The van der Waals surface area contributed by atoms with Crippen molar-refractivity contribution in [3.05, 3.63) is 54.4 Å². The Hall–Kier alpha value is -2.20. The zero-order chi connectivity index (χ0) is 21.3. The van der Waals surface area contributed by atoms with Gasteiger partial charge in [0.1, 0.15) is 4.90 Å². The number of nitrogens with one attached hydrogen (secondary N) is 1. The van der Waals surface area contributed by atoms with Crippen LogP contribution < -0.4 is 0 Å². The first-order chi connectivity index (χ1) is 14.4. The van der Waals surface area contributed by atoms with Gasteiger partial charge in [0.2, 0.25) is 10.0 Å². The van der Waals surface area contributed by atoms with Crippen molar-refractivity contribution in [3.8, 4) is 0 Å². The minimum atomic E-state index is -3.54. The van der Waals surface area contributed by atoms with Gasteiger partial charge in [0.15, 0.2) is 5.78 Å². The number of benzene rings is 1. The fourth-order valence-electron chi connectivity index (χ4n) is 3.50. The minimum absolute atomic E-state index is 0.00776. The molecule has 0 saturated carbocycles. The molecule has 1 atom stereocenters. The molecule has 3 heterocycles. The van der Waals surface area contributed by atoms with Crippen LogP contribution in [0.2, 0.25) is 0 Å². The number of para-hydroxylation sites is 1. The van der Waals surface area contributed by atoms with E-state index < -0.39 is 10.0 Å². The molecule has 1 fully saturated rings. The molecule has 0 bridgehead atoms. The topological polar surface area (TPSA) is 86.4 Å². The summed E-state index contributed by atoms with van der Waals surface area (Å²) in [5.74, 6) is 0.00776. The van der Waals surface area contributed by atoms with E-state index in [1.165, 1.54) is 22.3 Å². The molecular weight excluding hydrogens is 420 g/mol. The van der Waals surface area contributed by atoms with Gasteiger partial charge in [0, 0.05) is 55.0 Å². The molecule has 1 aromatic carbocycles. The average Bonchev–Trinajstić information content (AvgIpc) is 3.18. The Morgan fingerprint density at radius 3 is 2.57 bits per heavy atom. The van der Waals surface area contributed by atoms with Gasteiger partial charge < -0.3 is 9.88 Å². The summed E-state index contributed by atoms with van der Waals surface area (Å²) in [5.41, 5.74) is 1.58. The first-order valence-corrected chi connectivity index (χ1v) is 12.1. The summed E-state index contributed by atoms with van der Waals surface area (Å²) in [6.07, 6.45) is 3.13. The van der Waals surface area contributed by atoms with E-state index in [9.17, 15) is 13.2 Å². The highest BCUT2D eigenvalue weighted by molar-refractivity contribution is 8.00. The SMILES string of the molecule is C[C@@H](Sc1ccc(S(=O)(=O)N2CCN(C)CC2)cn1)C(=O)c1c[nH]c2ccccc12. The molecule has 2 aromatic heterocycles. The van der Waals surface area contributed by atoms with Gasteiger partial charge in [0.25, 0.3) is 0 Å². The van der Waals surface area contributed by atoms with Crippen LogP contribution in [0.1, 0.15) is 17.3 Å². The van der Waals surface area contributed by atoms with Crippen LogP contribution in [0.5, 0.6) is 0 Å². The van der Waals surface area contributed by atoms with Crippen LogP contribution in [0.25, 0.3) is 10.9 Å². The summed E-state index contributed by atoms with van der Waals surface area (Å²) in [6, 6.07) is 10.9. The fourth-order valence-corrected chi connectivity index (χ4v) is 5.72. The molecule has 0 spiro atoms. The molecule has 158 valence electrons. The second kappa shape index (κ2) is 8.50. The number of Topliss-reactive ketones (excluding diaryl/α,β-unsaturated/α-hetero) is 1. The van der Waals surface area contributed by atoms with Crippen LogP contribution in [-0.4, -0.2) is 71.9 Å². The van der Waals surface area contributed by atoms with Crippen molar-refractivity contribution < 1.29 is 13.2 Å². The number of sulfonamides is 1. The van der Waals surface area contributed by atoms with E-state index in [0.29, 0.717) is 36.8 Å². The second-order valence-electron chi connectivity index (χ2n) is 7.41. The van der Waals surface area contributed by atoms with Crippen molar-refractivity contribution in [1.29, 1.82) is 0 Å². The largest absolute Gasteiger partial charge is 0.360 e. The van der Waals surface area contributed by atoms with Crippen molar-refractivity contribution in [2.75, 3.05) is 33.2 Å². The molecule has 1 aliphatic heterocycles. The maximum atomic E-state index is 12.9. The van der Waals surface area contributed by atoms with Crippen molar-refractivity contribution in [2.45, 2.75) is 22.1 Å². The van der Waals surface area contributed by atoms with Gasteiger partial charge in [-0.1, -0.05) is 30.0 Å².